The van der Waals surface area contributed by atoms with Gasteiger partial charge in [0, 0.05) is 0 Å². The van der Waals surface area contributed by atoms with Gasteiger partial charge in [0.1, 0.15) is 16.8 Å². The third kappa shape index (κ3) is 5.26. The van der Waals surface area contributed by atoms with E-state index in [1.807, 2.05) is 38.1 Å². The molecule has 176 valence electrons. The number of amides is 1. The topological polar surface area (TPSA) is 98.2 Å². The van der Waals surface area contributed by atoms with Crippen molar-refractivity contribution < 1.29 is 17.9 Å². The first-order valence-corrected chi connectivity index (χ1v) is 13.0. The van der Waals surface area contributed by atoms with Gasteiger partial charge < -0.3 is 4.74 Å². The Balaban J connectivity index is 1.66. The lowest BCUT2D eigenvalue weighted by Crippen LogP contribution is -2.35. The number of nitrogens with zero attached hydrogens (tertiary/aromatic N) is 2. The lowest BCUT2D eigenvalue weighted by Gasteiger charge is -2.18. The third-order valence-corrected chi connectivity index (χ3v) is 7.58. The predicted octanol–water partition coefficient (Wildman–Crippen LogP) is 4.65. The average molecular weight is 496 g/mol. The number of hydrogen-bond donors (Lipinski definition) is 1. The SMILES string of the molecule is COc1cccc(CC(C(=O)NS(=O)(=O)c2ccc(C(C)C)cc2)c2ccc3nsnc3c2)c1. The van der Waals surface area contributed by atoms with Crippen molar-refractivity contribution in [1.82, 2.24) is 13.5 Å². The fraction of sp³-hybridized carbons (Fsp3) is 0.240. The Kier molecular flexibility index (Phi) is 6.95. The summed E-state index contributed by atoms with van der Waals surface area (Å²) in [5, 5.41) is 0. The first kappa shape index (κ1) is 23.8. The van der Waals surface area contributed by atoms with E-state index in [4.69, 9.17) is 4.74 Å². The van der Waals surface area contributed by atoms with Crippen molar-refractivity contribution >= 4 is 38.7 Å². The van der Waals surface area contributed by atoms with Gasteiger partial charge in [-0.15, -0.1) is 0 Å². The molecule has 1 atom stereocenters. The second-order valence-corrected chi connectivity index (χ2v) is 10.5. The number of nitrogens with one attached hydrogen (secondary N) is 1. The van der Waals surface area contributed by atoms with Crippen molar-refractivity contribution in [2.75, 3.05) is 7.11 Å². The van der Waals surface area contributed by atoms with Crippen molar-refractivity contribution in [1.29, 1.82) is 0 Å². The van der Waals surface area contributed by atoms with E-state index in [1.165, 1.54) is 12.1 Å². The van der Waals surface area contributed by atoms with Gasteiger partial charge in [-0.05, 0) is 65.4 Å². The van der Waals surface area contributed by atoms with Gasteiger partial charge in [-0.2, -0.15) is 8.75 Å². The number of ether oxygens (including phenoxy) is 1. The molecule has 1 aromatic heterocycles. The Labute approximate surface area is 203 Å². The average Bonchev–Trinajstić information content (AvgIpc) is 3.30. The maximum Gasteiger partial charge on any atom is 0.264 e. The number of carbonyl (C=O) groups is 1. The molecule has 7 nitrogen and oxygen atoms in total. The fourth-order valence-corrected chi connectivity index (χ4v) is 5.24. The van der Waals surface area contributed by atoms with Crippen LogP contribution in [0.2, 0.25) is 0 Å². The smallest absolute Gasteiger partial charge is 0.264 e. The van der Waals surface area contributed by atoms with Crippen molar-refractivity contribution in [3.05, 3.63) is 83.4 Å². The first-order chi connectivity index (χ1) is 16.3. The highest BCUT2D eigenvalue weighted by Crippen LogP contribution is 2.27. The van der Waals surface area contributed by atoms with Crippen LogP contribution in [-0.2, 0) is 21.2 Å². The minimum Gasteiger partial charge on any atom is -0.497 e. The molecule has 34 heavy (non-hydrogen) atoms. The van der Waals surface area contributed by atoms with E-state index >= 15 is 0 Å². The summed E-state index contributed by atoms with van der Waals surface area (Å²) in [5.41, 5.74) is 3.91. The lowest BCUT2D eigenvalue weighted by molar-refractivity contribution is -0.120. The van der Waals surface area contributed by atoms with Crippen LogP contribution in [0.1, 0.15) is 42.4 Å². The number of rotatable bonds is 8. The molecule has 9 heteroatoms. The van der Waals surface area contributed by atoms with Gasteiger partial charge in [-0.25, -0.2) is 13.1 Å². The molecule has 4 aromatic rings. The van der Waals surface area contributed by atoms with Crippen LogP contribution in [-0.4, -0.2) is 30.2 Å². The third-order valence-electron chi connectivity index (χ3n) is 5.66. The first-order valence-electron chi connectivity index (χ1n) is 10.8. The second kappa shape index (κ2) is 9.90. The van der Waals surface area contributed by atoms with Crippen molar-refractivity contribution in [2.24, 2.45) is 0 Å². The zero-order chi connectivity index (χ0) is 24.3. The molecule has 3 aromatic carbocycles. The maximum atomic E-state index is 13.4. The van der Waals surface area contributed by atoms with Gasteiger partial charge >= 0.3 is 0 Å². The minimum absolute atomic E-state index is 0.0459. The number of hydrogen-bond acceptors (Lipinski definition) is 7. The van der Waals surface area contributed by atoms with Gasteiger partial charge in [-0.3, -0.25) is 4.79 Å². The largest absolute Gasteiger partial charge is 0.497 e. The maximum absolute atomic E-state index is 13.4. The van der Waals surface area contributed by atoms with E-state index in [-0.39, 0.29) is 17.2 Å². The van der Waals surface area contributed by atoms with Crippen LogP contribution in [0, 0.1) is 0 Å². The number of sulfonamides is 1. The summed E-state index contributed by atoms with van der Waals surface area (Å²) >= 11 is 1.09. The summed E-state index contributed by atoms with van der Waals surface area (Å²) in [7, 11) is -2.47. The van der Waals surface area contributed by atoms with Crippen LogP contribution in [0.3, 0.4) is 0 Å². The Morgan fingerprint density at radius 2 is 1.68 bits per heavy atom. The molecular weight excluding hydrogens is 470 g/mol. The quantitative estimate of drug-likeness (QED) is 0.382. The number of methoxy groups -OCH3 is 1. The summed E-state index contributed by atoms with van der Waals surface area (Å²) in [4.78, 5) is 13.4. The van der Waals surface area contributed by atoms with E-state index in [9.17, 15) is 13.2 Å². The second-order valence-electron chi connectivity index (χ2n) is 8.31. The van der Waals surface area contributed by atoms with E-state index < -0.39 is 21.8 Å². The van der Waals surface area contributed by atoms with Gasteiger partial charge in [0.25, 0.3) is 10.0 Å². The normalized spacial score (nSPS) is 12.6. The highest BCUT2D eigenvalue weighted by molar-refractivity contribution is 7.90. The molecule has 1 heterocycles. The molecule has 0 bridgehead atoms. The lowest BCUT2D eigenvalue weighted by atomic mass is 9.91. The Hall–Kier alpha value is -3.30. The number of fused-ring (bicyclic) bond motifs is 1. The molecule has 1 amide bonds. The summed E-state index contributed by atoms with van der Waals surface area (Å²) in [6.07, 6.45) is 0.286. The van der Waals surface area contributed by atoms with E-state index in [2.05, 4.69) is 13.5 Å². The van der Waals surface area contributed by atoms with Gasteiger partial charge in [0.15, 0.2) is 0 Å². The molecule has 0 spiro atoms. The molecule has 0 fully saturated rings. The summed E-state index contributed by atoms with van der Waals surface area (Å²) in [5.74, 6) is -0.441. The van der Waals surface area contributed by atoms with E-state index in [1.54, 1.807) is 37.4 Å². The molecule has 0 aliphatic carbocycles. The van der Waals surface area contributed by atoms with Crippen LogP contribution >= 0.6 is 11.7 Å². The summed E-state index contributed by atoms with van der Waals surface area (Å²) in [6, 6.07) is 19.3. The standard InChI is InChI=1S/C25H25N3O4S2/c1-16(2)18-7-10-21(11-8-18)34(30,31)28-25(29)22(14-17-5-4-6-20(13-17)32-3)19-9-12-23-24(15-19)27-33-26-23/h4-13,15-16,22H,14H2,1-3H3,(H,28,29). The zero-order valence-electron chi connectivity index (χ0n) is 19.1. The molecule has 4 rings (SSSR count). The van der Waals surface area contributed by atoms with Crippen molar-refractivity contribution in [3.63, 3.8) is 0 Å². The molecule has 0 radical (unpaired) electrons. The van der Waals surface area contributed by atoms with Gasteiger partial charge in [0.2, 0.25) is 5.91 Å². The summed E-state index contributed by atoms with van der Waals surface area (Å²) in [6.45, 7) is 4.06. The Bertz CT molecular complexity index is 1410. The highest BCUT2D eigenvalue weighted by atomic mass is 32.2. The van der Waals surface area contributed by atoms with Gasteiger partial charge in [0.05, 0.1) is 29.7 Å². The van der Waals surface area contributed by atoms with E-state index in [0.29, 0.717) is 16.8 Å². The van der Waals surface area contributed by atoms with Gasteiger partial charge in [-0.1, -0.05) is 44.2 Å². The molecule has 1 N–H and O–H groups in total. The number of benzene rings is 3. The van der Waals surface area contributed by atoms with Crippen LogP contribution < -0.4 is 9.46 Å². The minimum atomic E-state index is -4.04. The molecule has 0 aliphatic heterocycles. The molecular formula is C25H25N3O4S2. The molecule has 0 saturated carbocycles. The number of aromatic nitrogens is 2. The number of carbonyl (C=O) groups excluding carboxylic acids is 1. The van der Waals surface area contributed by atoms with Crippen molar-refractivity contribution in [2.45, 2.75) is 37.0 Å². The Morgan fingerprint density at radius 1 is 0.971 bits per heavy atom. The van der Waals surface area contributed by atoms with Crippen LogP contribution in [0.5, 0.6) is 5.75 Å². The summed E-state index contributed by atoms with van der Waals surface area (Å²) < 4.78 is 42.1. The Morgan fingerprint density at radius 3 is 2.38 bits per heavy atom. The van der Waals surface area contributed by atoms with Crippen LogP contribution in [0.25, 0.3) is 11.0 Å². The highest BCUT2D eigenvalue weighted by Gasteiger charge is 2.27. The monoisotopic (exact) mass is 495 g/mol. The van der Waals surface area contributed by atoms with E-state index in [0.717, 1.165) is 28.4 Å². The van der Waals surface area contributed by atoms with Crippen molar-refractivity contribution in [3.8, 4) is 5.75 Å². The molecule has 0 saturated heterocycles. The predicted molar refractivity (Wildman–Crippen MR) is 133 cm³/mol. The van der Waals surface area contributed by atoms with Crippen LogP contribution in [0.4, 0.5) is 0 Å². The molecule has 1 unspecified atom stereocenters. The zero-order valence-corrected chi connectivity index (χ0v) is 20.7. The van der Waals surface area contributed by atoms with Crippen LogP contribution in [0.15, 0.2) is 71.6 Å². The molecule has 0 aliphatic rings. The fourth-order valence-electron chi connectivity index (χ4n) is 3.71.